The van der Waals surface area contributed by atoms with Gasteiger partial charge in [0.15, 0.2) is 17.9 Å². The fourth-order valence-corrected chi connectivity index (χ4v) is 6.37. The molecule has 0 spiro atoms. The average molecular weight is 571 g/mol. The summed E-state index contributed by atoms with van der Waals surface area (Å²) in [5.74, 6) is -3.07. The molecule has 11 nitrogen and oxygen atoms in total. The molecule has 4 N–H and O–H groups in total. The zero-order chi connectivity index (χ0) is 30.2. The van der Waals surface area contributed by atoms with Gasteiger partial charge in [-0.25, -0.2) is 0 Å². The van der Waals surface area contributed by atoms with Crippen LogP contribution in [-0.2, 0) is 20.7 Å². The number of Topliss-reactive ketones (excluding diaryl/α,β-unsaturated/α-hetero) is 1. The second kappa shape index (κ2) is 9.88. The Balaban J connectivity index is 1.66. The predicted molar refractivity (Wildman–Crippen MR) is 144 cm³/mol. The lowest BCUT2D eigenvalue weighted by Crippen LogP contribution is -2.60. The Hall–Kier alpha value is -3.35. The summed E-state index contributed by atoms with van der Waals surface area (Å²) in [6.45, 7) is 2.91. The molecule has 0 saturated carbocycles. The lowest BCUT2D eigenvalue weighted by molar-refractivity contribution is -0.903. The summed E-state index contributed by atoms with van der Waals surface area (Å²) in [5, 5.41) is 45.2. The number of hydrogen-bond donors (Lipinski definition) is 4. The number of aliphatic hydroxyl groups excluding tert-OH is 1. The molecule has 0 bridgehead atoms. The van der Waals surface area contributed by atoms with Crippen molar-refractivity contribution >= 4 is 17.3 Å². The first-order valence-electron chi connectivity index (χ1n) is 13.5. The van der Waals surface area contributed by atoms with E-state index in [4.69, 9.17) is 14.2 Å². The van der Waals surface area contributed by atoms with Crippen molar-refractivity contribution in [3.8, 4) is 17.2 Å². The molecule has 0 unspecified atom stereocenters. The van der Waals surface area contributed by atoms with Crippen LogP contribution in [0.3, 0.4) is 0 Å². The Bertz CT molecular complexity index is 1460. The molecule has 1 heterocycles. The Morgan fingerprint density at radius 3 is 2.34 bits per heavy atom. The van der Waals surface area contributed by atoms with Crippen molar-refractivity contribution in [2.75, 3.05) is 28.3 Å². The van der Waals surface area contributed by atoms with Crippen LogP contribution in [0.1, 0.15) is 75.8 Å². The van der Waals surface area contributed by atoms with Gasteiger partial charge in [-0.15, -0.1) is 0 Å². The fraction of sp³-hybridized carbons (Fsp3) is 0.500. The number of hydrogen-bond acceptors (Lipinski definition) is 10. The number of carbonyl (C=O) groups excluding carboxylic acids is 3. The van der Waals surface area contributed by atoms with Crippen molar-refractivity contribution in [3.05, 3.63) is 51.6 Å². The number of benzene rings is 2. The Morgan fingerprint density at radius 1 is 1.07 bits per heavy atom. The third-order valence-electron chi connectivity index (χ3n) is 8.72. The highest BCUT2D eigenvalue weighted by Gasteiger charge is 2.50. The number of likely N-dealkylation sites (N-methyl/N-ethyl adjacent to an activating group) is 1. The van der Waals surface area contributed by atoms with Crippen molar-refractivity contribution in [1.29, 1.82) is 0 Å². The van der Waals surface area contributed by atoms with E-state index in [0.717, 1.165) is 0 Å². The quantitative estimate of drug-likeness (QED) is 0.263. The number of phenolic OH excluding ortho intramolecular Hbond substituents is 2. The molecule has 0 amide bonds. The number of ether oxygens (including phenoxy) is 3. The van der Waals surface area contributed by atoms with Gasteiger partial charge in [-0.05, 0) is 19.9 Å². The highest BCUT2D eigenvalue weighted by atomic mass is 16.7. The summed E-state index contributed by atoms with van der Waals surface area (Å²) >= 11 is 0. The topological polar surface area (TPSA) is 160 Å². The maximum Gasteiger partial charge on any atom is 0.202 e. The molecular formula is C30H36NO10+. The smallest absolute Gasteiger partial charge is 0.202 e. The summed E-state index contributed by atoms with van der Waals surface area (Å²) in [4.78, 5) is 40.0. The molecule has 6 atom stereocenters. The first-order valence-corrected chi connectivity index (χ1v) is 13.5. The minimum atomic E-state index is -1.99. The zero-order valence-electron chi connectivity index (χ0n) is 23.9. The number of fused-ring (bicyclic) bond motifs is 3. The van der Waals surface area contributed by atoms with Crippen LogP contribution in [-0.4, -0.2) is 101 Å². The van der Waals surface area contributed by atoms with E-state index < -0.39 is 76.6 Å². The van der Waals surface area contributed by atoms with Crippen LogP contribution < -0.4 is 4.74 Å². The van der Waals surface area contributed by atoms with Gasteiger partial charge in [0.1, 0.15) is 35.0 Å². The van der Waals surface area contributed by atoms with Crippen molar-refractivity contribution in [1.82, 2.24) is 0 Å². The van der Waals surface area contributed by atoms with E-state index in [-0.39, 0.29) is 46.9 Å². The van der Waals surface area contributed by atoms with E-state index in [1.54, 1.807) is 6.92 Å². The van der Waals surface area contributed by atoms with Crippen molar-refractivity contribution in [2.24, 2.45) is 0 Å². The van der Waals surface area contributed by atoms with Gasteiger partial charge in [0.25, 0.3) is 0 Å². The van der Waals surface area contributed by atoms with Crippen LogP contribution in [0.5, 0.6) is 17.2 Å². The Morgan fingerprint density at radius 2 is 1.73 bits per heavy atom. The molecule has 2 aliphatic carbocycles. The molecule has 3 aliphatic rings. The van der Waals surface area contributed by atoms with Crippen LogP contribution in [0, 0.1) is 0 Å². The standard InChI is InChI=1S/C30H35NO10/c1-13-25(33)17(31(3,4)5)10-20(40-13)41-19-12-30(38,14(2)32)11-16-22(19)29(37)24-23(27(16)35)26(34)15-8-7-9-18(39-6)21(15)28(24)36/h7-9,13,17,19-20,25,33,38H,10-12H2,1-6H3,(H-,34,35,36,37)/p+1/t13-,17-,19-,20+,25+,30+/m1/s1. The van der Waals surface area contributed by atoms with Gasteiger partial charge in [-0.3, -0.25) is 14.4 Å². The average Bonchev–Trinajstić information content (AvgIpc) is 2.89. The normalized spacial score (nSPS) is 29.4. The lowest BCUT2D eigenvalue weighted by Gasteiger charge is -2.46. The largest absolute Gasteiger partial charge is 0.507 e. The number of phenols is 2. The van der Waals surface area contributed by atoms with Crippen molar-refractivity contribution < 1.29 is 53.5 Å². The van der Waals surface area contributed by atoms with Crippen LogP contribution in [0.4, 0.5) is 0 Å². The van der Waals surface area contributed by atoms with Gasteiger partial charge < -0.3 is 39.1 Å². The molecule has 1 aliphatic heterocycles. The summed E-state index contributed by atoms with van der Waals surface area (Å²) < 4.78 is 18.0. The highest BCUT2D eigenvalue weighted by Crippen LogP contribution is 2.52. The monoisotopic (exact) mass is 570 g/mol. The highest BCUT2D eigenvalue weighted by molar-refractivity contribution is 6.31. The van der Waals surface area contributed by atoms with Crippen molar-refractivity contribution in [2.45, 2.75) is 69.4 Å². The molecule has 0 radical (unpaired) electrons. The number of carbonyl (C=O) groups is 3. The van der Waals surface area contributed by atoms with E-state index >= 15 is 0 Å². The van der Waals surface area contributed by atoms with Crippen LogP contribution in [0.25, 0.3) is 0 Å². The van der Waals surface area contributed by atoms with Gasteiger partial charge in [0, 0.05) is 29.5 Å². The molecule has 11 heteroatoms. The molecule has 2 aromatic rings. The molecule has 5 rings (SSSR count). The minimum Gasteiger partial charge on any atom is -0.507 e. The Labute approximate surface area is 237 Å². The first-order chi connectivity index (χ1) is 19.1. The van der Waals surface area contributed by atoms with E-state index in [1.165, 1.54) is 32.2 Å². The van der Waals surface area contributed by atoms with Crippen LogP contribution in [0.15, 0.2) is 18.2 Å². The lowest BCUT2D eigenvalue weighted by atomic mass is 9.72. The molecule has 2 aromatic carbocycles. The summed E-state index contributed by atoms with van der Waals surface area (Å²) in [7, 11) is 7.14. The van der Waals surface area contributed by atoms with Gasteiger partial charge >= 0.3 is 0 Å². The second-order valence-electron chi connectivity index (χ2n) is 12.2. The molecule has 220 valence electrons. The Kier molecular flexibility index (Phi) is 7.03. The van der Waals surface area contributed by atoms with Gasteiger partial charge in [0.2, 0.25) is 5.78 Å². The molecule has 1 fully saturated rings. The van der Waals surface area contributed by atoms with E-state index in [0.29, 0.717) is 4.48 Å². The molecule has 41 heavy (non-hydrogen) atoms. The van der Waals surface area contributed by atoms with Gasteiger partial charge in [0.05, 0.1) is 63.6 Å². The predicted octanol–water partition coefficient (Wildman–Crippen LogP) is 1.78. The summed E-state index contributed by atoms with van der Waals surface area (Å²) in [5.41, 5.74) is -2.91. The first kappa shape index (κ1) is 29.2. The van der Waals surface area contributed by atoms with E-state index in [9.17, 15) is 34.8 Å². The molecule has 1 saturated heterocycles. The SMILES string of the molecule is COc1cccc2c1C(=O)c1c(O)c3c(c(O)c1C2=O)C[C@@](O)(C(C)=O)C[C@H]3O[C@H]1C[C@@H]([N+](C)(C)C)[C@@H](O)[C@@H](C)O1. The number of rotatable bonds is 5. The summed E-state index contributed by atoms with van der Waals surface area (Å²) in [6, 6.07) is 4.19. The number of aliphatic hydroxyl groups is 2. The second-order valence-corrected chi connectivity index (χ2v) is 12.2. The molecule has 0 aromatic heterocycles. The van der Waals surface area contributed by atoms with Crippen LogP contribution in [0.2, 0.25) is 0 Å². The summed E-state index contributed by atoms with van der Waals surface area (Å²) in [6.07, 6.45) is -3.97. The zero-order valence-corrected chi connectivity index (χ0v) is 23.9. The third-order valence-corrected chi connectivity index (χ3v) is 8.72. The number of nitrogens with zero attached hydrogens (tertiary/aromatic N) is 1. The van der Waals surface area contributed by atoms with Crippen molar-refractivity contribution in [3.63, 3.8) is 0 Å². The van der Waals surface area contributed by atoms with E-state index in [2.05, 4.69) is 0 Å². The maximum absolute atomic E-state index is 13.8. The number of quaternary nitrogens is 1. The fourth-order valence-electron chi connectivity index (χ4n) is 6.37. The number of methoxy groups -OCH3 is 1. The van der Waals surface area contributed by atoms with E-state index in [1.807, 2.05) is 21.1 Å². The van der Waals surface area contributed by atoms with Gasteiger partial charge in [-0.2, -0.15) is 0 Å². The van der Waals surface area contributed by atoms with Gasteiger partial charge in [-0.1, -0.05) is 12.1 Å². The third kappa shape index (κ3) is 4.52. The van der Waals surface area contributed by atoms with Crippen LogP contribution >= 0.6 is 0 Å². The minimum absolute atomic E-state index is 0.00330. The number of aromatic hydroxyl groups is 2. The number of ketones is 3. The maximum atomic E-state index is 13.8. The molecular weight excluding hydrogens is 534 g/mol.